The maximum atomic E-state index is 9.63. The number of pyridine rings is 1. The van der Waals surface area contributed by atoms with Crippen LogP contribution in [0.2, 0.25) is 0 Å². The van der Waals surface area contributed by atoms with Crippen LogP contribution in [0.15, 0.2) is 132 Å². The van der Waals surface area contributed by atoms with Crippen molar-refractivity contribution in [2.24, 2.45) is 0 Å². The first-order valence-corrected chi connectivity index (χ1v) is 13.2. The maximum Gasteiger partial charge on any atom is 0.148 e. The summed E-state index contributed by atoms with van der Waals surface area (Å²) >= 11 is 0. The number of para-hydroxylation sites is 3. The summed E-state index contributed by atoms with van der Waals surface area (Å²) in [4.78, 5) is 4.27. The molecule has 0 aliphatic rings. The third-order valence-electron chi connectivity index (χ3n) is 7.71. The predicted octanol–water partition coefficient (Wildman–Crippen LogP) is 9.28. The van der Waals surface area contributed by atoms with Crippen molar-refractivity contribution in [1.82, 2.24) is 9.55 Å². The zero-order valence-corrected chi connectivity index (χ0v) is 21.4. The molecule has 8 aromatic rings. The van der Waals surface area contributed by atoms with Crippen molar-refractivity contribution in [2.45, 2.75) is 0 Å². The van der Waals surface area contributed by atoms with E-state index in [1.54, 1.807) is 6.20 Å². The van der Waals surface area contributed by atoms with Gasteiger partial charge in [-0.2, -0.15) is 5.26 Å². The molecule has 0 saturated heterocycles. The molecule has 40 heavy (non-hydrogen) atoms. The summed E-state index contributed by atoms with van der Waals surface area (Å²) in [7, 11) is 0. The van der Waals surface area contributed by atoms with Gasteiger partial charge in [0, 0.05) is 44.9 Å². The molecule has 0 aliphatic heterocycles. The zero-order valence-electron chi connectivity index (χ0n) is 21.4. The Morgan fingerprint density at radius 2 is 1.32 bits per heavy atom. The summed E-state index contributed by atoms with van der Waals surface area (Å²) in [6, 6.07) is 44.1. The van der Waals surface area contributed by atoms with Crippen molar-refractivity contribution < 1.29 is 4.42 Å². The summed E-state index contributed by atoms with van der Waals surface area (Å²) in [6.07, 6.45) is 1.66. The first-order valence-electron chi connectivity index (χ1n) is 13.2. The van der Waals surface area contributed by atoms with Crippen LogP contribution < -0.4 is 0 Å². The largest absolute Gasteiger partial charge is 0.456 e. The van der Waals surface area contributed by atoms with E-state index in [0.29, 0.717) is 5.69 Å². The van der Waals surface area contributed by atoms with E-state index >= 15 is 0 Å². The fraction of sp³-hybridized carbons (Fsp3) is 0. The van der Waals surface area contributed by atoms with E-state index in [4.69, 9.17) is 4.42 Å². The highest BCUT2D eigenvalue weighted by Gasteiger charge is 2.18. The third kappa shape index (κ3) is 3.28. The number of hydrogen-bond donors (Lipinski definition) is 0. The molecule has 0 bridgehead atoms. The van der Waals surface area contributed by atoms with Crippen LogP contribution in [0.5, 0.6) is 0 Å². The van der Waals surface area contributed by atoms with Gasteiger partial charge in [-0.1, -0.05) is 72.8 Å². The maximum absolute atomic E-state index is 9.63. The first kappa shape index (κ1) is 22.3. The molecule has 4 nitrogen and oxygen atoms in total. The van der Waals surface area contributed by atoms with Gasteiger partial charge in [-0.25, -0.2) is 4.98 Å². The van der Waals surface area contributed by atoms with Gasteiger partial charge in [0.05, 0.1) is 16.7 Å². The molecule has 0 aliphatic carbocycles. The van der Waals surface area contributed by atoms with Crippen molar-refractivity contribution in [1.29, 1.82) is 5.26 Å². The Labute approximate surface area is 230 Å². The van der Waals surface area contributed by atoms with Crippen LogP contribution in [0, 0.1) is 11.3 Å². The monoisotopic (exact) mass is 511 g/mol. The summed E-state index contributed by atoms with van der Waals surface area (Å²) in [5, 5.41) is 14.3. The van der Waals surface area contributed by atoms with E-state index in [1.165, 1.54) is 10.8 Å². The van der Waals surface area contributed by atoms with Crippen molar-refractivity contribution in [3.8, 4) is 34.0 Å². The lowest BCUT2D eigenvalue weighted by Gasteiger charge is -2.15. The van der Waals surface area contributed by atoms with Crippen LogP contribution in [0.3, 0.4) is 0 Å². The quantitative estimate of drug-likeness (QED) is 0.237. The molecule has 0 radical (unpaired) electrons. The topological polar surface area (TPSA) is 54.8 Å². The molecule has 0 saturated carbocycles. The van der Waals surface area contributed by atoms with E-state index in [2.05, 4.69) is 101 Å². The molecular weight excluding hydrogens is 490 g/mol. The summed E-state index contributed by atoms with van der Waals surface area (Å²) < 4.78 is 8.64. The summed E-state index contributed by atoms with van der Waals surface area (Å²) in [6.45, 7) is 0. The molecule has 3 heterocycles. The van der Waals surface area contributed by atoms with Gasteiger partial charge >= 0.3 is 0 Å². The lowest BCUT2D eigenvalue weighted by Crippen LogP contribution is -1.97. The second kappa shape index (κ2) is 8.69. The van der Waals surface area contributed by atoms with Crippen LogP contribution in [0.4, 0.5) is 0 Å². The van der Waals surface area contributed by atoms with E-state index in [0.717, 1.165) is 60.9 Å². The number of nitrogens with zero attached hydrogens (tertiary/aromatic N) is 3. The molecule has 3 aromatic heterocycles. The second-order valence-corrected chi connectivity index (χ2v) is 9.93. The molecule has 0 N–H and O–H groups in total. The lowest BCUT2D eigenvalue weighted by molar-refractivity contribution is 0.669. The fourth-order valence-electron chi connectivity index (χ4n) is 5.94. The molecule has 0 spiro atoms. The van der Waals surface area contributed by atoms with Gasteiger partial charge in [0.15, 0.2) is 0 Å². The highest BCUT2D eigenvalue weighted by Crippen LogP contribution is 2.40. The average Bonchev–Trinajstić information content (AvgIpc) is 3.54. The predicted molar refractivity (Wildman–Crippen MR) is 161 cm³/mol. The van der Waals surface area contributed by atoms with E-state index in [1.807, 2.05) is 36.4 Å². The van der Waals surface area contributed by atoms with E-state index in [-0.39, 0.29) is 0 Å². The van der Waals surface area contributed by atoms with Gasteiger partial charge in [-0.3, -0.25) is 0 Å². The van der Waals surface area contributed by atoms with Crippen LogP contribution >= 0.6 is 0 Å². The zero-order chi connectivity index (χ0) is 26.6. The Morgan fingerprint density at radius 1 is 0.575 bits per heavy atom. The number of nitriles is 1. The number of rotatable bonds is 3. The van der Waals surface area contributed by atoms with Crippen LogP contribution in [0.1, 0.15) is 5.69 Å². The summed E-state index contributed by atoms with van der Waals surface area (Å²) in [5.74, 6) is 0. The number of fused-ring (bicyclic) bond motifs is 6. The van der Waals surface area contributed by atoms with E-state index in [9.17, 15) is 5.26 Å². The van der Waals surface area contributed by atoms with E-state index < -0.39 is 0 Å². The Morgan fingerprint density at radius 3 is 2.23 bits per heavy atom. The summed E-state index contributed by atoms with van der Waals surface area (Å²) in [5.41, 5.74) is 9.45. The number of furan rings is 1. The minimum Gasteiger partial charge on any atom is -0.456 e. The molecule has 0 unspecified atom stereocenters. The lowest BCUT2D eigenvalue weighted by atomic mass is 9.97. The van der Waals surface area contributed by atoms with Crippen molar-refractivity contribution in [3.63, 3.8) is 0 Å². The molecule has 0 amide bonds. The van der Waals surface area contributed by atoms with Gasteiger partial charge in [-0.15, -0.1) is 0 Å². The highest BCUT2D eigenvalue weighted by molar-refractivity contribution is 6.17. The fourth-order valence-corrected chi connectivity index (χ4v) is 5.94. The smallest absolute Gasteiger partial charge is 0.148 e. The molecule has 0 fully saturated rings. The van der Waals surface area contributed by atoms with Crippen molar-refractivity contribution >= 4 is 43.7 Å². The highest BCUT2D eigenvalue weighted by atomic mass is 16.3. The second-order valence-electron chi connectivity index (χ2n) is 9.93. The molecule has 8 rings (SSSR count). The molecule has 0 atom stereocenters. The number of aromatic nitrogens is 2. The van der Waals surface area contributed by atoms with Crippen LogP contribution in [-0.2, 0) is 0 Å². The molecule has 186 valence electrons. The minimum absolute atomic E-state index is 0.421. The van der Waals surface area contributed by atoms with Crippen LogP contribution in [-0.4, -0.2) is 9.55 Å². The molecular formula is C36H21N3O. The molecule has 4 heteroatoms. The van der Waals surface area contributed by atoms with Crippen molar-refractivity contribution in [3.05, 3.63) is 133 Å². The minimum atomic E-state index is 0.421. The normalized spacial score (nSPS) is 11.5. The van der Waals surface area contributed by atoms with Gasteiger partial charge < -0.3 is 8.98 Å². The van der Waals surface area contributed by atoms with Gasteiger partial charge in [0.2, 0.25) is 0 Å². The van der Waals surface area contributed by atoms with Crippen molar-refractivity contribution in [2.75, 3.05) is 0 Å². The molecule has 5 aromatic carbocycles. The third-order valence-corrected chi connectivity index (χ3v) is 7.71. The van der Waals surface area contributed by atoms with Crippen LogP contribution in [0.25, 0.3) is 71.7 Å². The number of hydrogen-bond acceptors (Lipinski definition) is 3. The Bertz CT molecular complexity index is 2300. The first-order chi connectivity index (χ1) is 19.8. The standard InChI is InChI=1S/C36H21N3O/c37-22-31-25(14-8-18-38-31)23-9-7-10-24(19-23)26-11-1-4-15-32(26)39-33-16-5-2-12-27(33)29-20-30-28-13-3-6-17-35(28)40-36(30)21-34(29)39/h1-21H. The Balaban J connectivity index is 1.41. The average molecular weight is 512 g/mol. The Kier molecular flexibility index (Phi) is 4.85. The number of benzene rings is 5. The Hall–Kier alpha value is -5.66. The van der Waals surface area contributed by atoms with Gasteiger partial charge in [-0.05, 0) is 53.6 Å². The van der Waals surface area contributed by atoms with Gasteiger partial charge in [0.1, 0.15) is 22.9 Å². The van der Waals surface area contributed by atoms with Gasteiger partial charge in [0.25, 0.3) is 0 Å². The SMILES string of the molecule is N#Cc1ncccc1-c1cccc(-c2ccccc2-n2c3ccccc3c3cc4c(cc32)oc2ccccc24)c1.